The molecular weight excluding hydrogens is 240 g/mol. The SMILES string of the molecule is CC(C)NCC1CCCN(CC(=O)OC(C)(C)C)C1. The number of hydrogen-bond acceptors (Lipinski definition) is 4. The number of carbonyl (C=O) groups is 1. The van der Waals surface area contributed by atoms with E-state index < -0.39 is 0 Å². The monoisotopic (exact) mass is 270 g/mol. The van der Waals surface area contributed by atoms with Crippen molar-refractivity contribution in [3.05, 3.63) is 0 Å². The Hall–Kier alpha value is -0.610. The van der Waals surface area contributed by atoms with E-state index >= 15 is 0 Å². The van der Waals surface area contributed by atoms with Gasteiger partial charge in [0.15, 0.2) is 0 Å². The molecule has 112 valence electrons. The van der Waals surface area contributed by atoms with Gasteiger partial charge in [-0.15, -0.1) is 0 Å². The van der Waals surface area contributed by atoms with E-state index in [0.29, 0.717) is 18.5 Å². The highest BCUT2D eigenvalue weighted by molar-refractivity contribution is 5.72. The van der Waals surface area contributed by atoms with Crippen LogP contribution >= 0.6 is 0 Å². The molecule has 1 unspecified atom stereocenters. The Kier molecular flexibility index (Phi) is 6.27. The fourth-order valence-corrected chi connectivity index (χ4v) is 2.42. The minimum atomic E-state index is -0.383. The first-order valence-electron chi connectivity index (χ1n) is 7.44. The molecule has 0 aromatic heterocycles. The van der Waals surface area contributed by atoms with Crippen molar-refractivity contribution in [1.29, 1.82) is 0 Å². The quantitative estimate of drug-likeness (QED) is 0.776. The zero-order valence-electron chi connectivity index (χ0n) is 13.2. The molecule has 0 aromatic carbocycles. The summed E-state index contributed by atoms with van der Waals surface area (Å²) in [6.07, 6.45) is 2.43. The smallest absolute Gasteiger partial charge is 0.320 e. The lowest BCUT2D eigenvalue weighted by atomic mass is 9.98. The standard InChI is InChI=1S/C15H30N2O2/c1-12(2)16-9-13-7-6-8-17(10-13)11-14(18)19-15(3,4)5/h12-13,16H,6-11H2,1-5H3. The molecule has 4 heteroatoms. The van der Waals surface area contributed by atoms with Gasteiger partial charge < -0.3 is 10.1 Å². The molecule has 1 rings (SSSR count). The van der Waals surface area contributed by atoms with Gasteiger partial charge in [-0.25, -0.2) is 0 Å². The lowest BCUT2D eigenvalue weighted by molar-refractivity contribution is -0.156. The first-order chi connectivity index (χ1) is 8.76. The highest BCUT2D eigenvalue weighted by Crippen LogP contribution is 2.16. The molecule has 0 bridgehead atoms. The Morgan fingerprint density at radius 2 is 2.11 bits per heavy atom. The van der Waals surface area contributed by atoms with Gasteiger partial charge in [0.05, 0.1) is 6.54 Å². The molecule has 0 aromatic rings. The predicted octanol–water partition coefficient (Wildman–Crippen LogP) is 2.04. The first kappa shape index (κ1) is 16.4. The van der Waals surface area contributed by atoms with Crippen LogP contribution in [0.4, 0.5) is 0 Å². The van der Waals surface area contributed by atoms with Crippen LogP contribution in [-0.2, 0) is 9.53 Å². The Bertz CT molecular complexity index is 284. The van der Waals surface area contributed by atoms with Gasteiger partial charge in [0.1, 0.15) is 5.60 Å². The van der Waals surface area contributed by atoms with E-state index in [1.807, 2.05) is 20.8 Å². The number of hydrogen-bond donors (Lipinski definition) is 1. The fourth-order valence-electron chi connectivity index (χ4n) is 2.42. The number of nitrogens with zero attached hydrogens (tertiary/aromatic N) is 1. The number of carbonyl (C=O) groups excluding carboxylic acids is 1. The summed E-state index contributed by atoms with van der Waals surface area (Å²) in [5, 5.41) is 3.48. The molecular formula is C15H30N2O2. The molecule has 1 heterocycles. The van der Waals surface area contributed by atoms with Gasteiger partial charge in [-0.05, 0) is 52.6 Å². The second-order valence-electron chi connectivity index (χ2n) is 6.89. The third-order valence-electron chi connectivity index (χ3n) is 3.19. The van der Waals surface area contributed by atoms with Gasteiger partial charge >= 0.3 is 5.97 Å². The van der Waals surface area contributed by atoms with E-state index in [4.69, 9.17) is 4.74 Å². The number of likely N-dealkylation sites (tertiary alicyclic amines) is 1. The molecule has 19 heavy (non-hydrogen) atoms. The third kappa shape index (κ3) is 7.53. The summed E-state index contributed by atoms with van der Waals surface area (Å²) in [5.74, 6) is 0.545. The summed E-state index contributed by atoms with van der Waals surface area (Å²) < 4.78 is 5.38. The van der Waals surface area contributed by atoms with Crippen molar-refractivity contribution in [2.45, 2.75) is 59.1 Å². The topological polar surface area (TPSA) is 41.6 Å². The Balaban J connectivity index is 2.32. The molecule has 1 fully saturated rings. The molecule has 0 amide bonds. The van der Waals surface area contributed by atoms with Gasteiger partial charge in [-0.2, -0.15) is 0 Å². The van der Waals surface area contributed by atoms with Crippen molar-refractivity contribution in [2.75, 3.05) is 26.2 Å². The predicted molar refractivity (Wildman–Crippen MR) is 78.1 cm³/mol. The molecule has 1 saturated heterocycles. The zero-order chi connectivity index (χ0) is 14.5. The molecule has 0 spiro atoms. The van der Waals surface area contributed by atoms with Crippen LogP contribution in [0.25, 0.3) is 0 Å². The normalized spacial score (nSPS) is 21.7. The maximum Gasteiger partial charge on any atom is 0.320 e. The Morgan fingerprint density at radius 3 is 2.68 bits per heavy atom. The van der Waals surface area contributed by atoms with Gasteiger partial charge in [0.25, 0.3) is 0 Å². The Morgan fingerprint density at radius 1 is 1.42 bits per heavy atom. The highest BCUT2D eigenvalue weighted by Gasteiger charge is 2.24. The van der Waals surface area contributed by atoms with Crippen LogP contribution in [0.1, 0.15) is 47.5 Å². The number of nitrogens with one attached hydrogen (secondary N) is 1. The first-order valence-corrected chi connectivity index (χ1v) is 7.44. The summed E-state index contributed by atoms with van der Waals surface area (Å²) in [4.78, 5) is 14.0. The largest absolute Gasteiger partial charge is 0.459 e. The summed E-state index contributed by atoms with van der Waals surface area (Å²) in [7, 11) is 0. The lowest BCUT2D eigenvalue weighted by Gasteiger charge is -2.33. The maximum atomic E-state index is 11.8. The van der Waals surface area contributed by atoms with Gasteiger partial charge in [0.2, 0.25) is 0 Å². The second-order valence-corrected chi connectivity index (χ2v) is 6.89. The van der Waals surface area contributed by atoms with E-state index in [1.165, 1.54) is 12.8 Å². The van der Waals surface area contributed by atoms with E-state index in [-0.39, 0.29) is 11.6 Å². The highest BCUT2D eigenvalue weighted by atomic mass is 16.6. The average molecular weight is 270 g/mol. The average Bonchev–Trinajstić information content (AvgIpc) is 2.24. The molecule has 4 nitrogen and oxygen atoms in total. The fraction of sp³-hybridized carbons (Fsp3) is 0.933. The van der Waals surface area contributed by atoms with Crippen LogP contribution in [-0.4, -0.2) is 48.7 Å². The number of ether oxygens (including phenoxy) is 1. The van der Waals surface area contributed by atoms with E-state index in [9.17, 15) is 4.79 Å². The summed E-state index contributed by atoms with van der Waals surface area (Å²) in [5.41, 5.74) is -0.383. The van der Waals surface area contributed by atoms with E-state index in [1.54, 1.807) is 0 Å². The minimum absolute atomic E-state index is 0.107. The van der Waals surface area contributed by atoms with Crippen LogP contribution < -0.4 is 5.32 Å². The lowest BCUT2D eigenvalue weighted by Crippen LogP contribution is -2.44. The number of piperidine rings is 1. The van der Waals surface area contributed by atoms with Gasteiger partial charge in [0, 0.05) is 12.6 Å². The maximum absolute atomic E-state index is 11.8. The van der Waals surface area contributed by atoms with E-state index in [0.717, 1.165) is 19.6 Å². The van der Waals surface area contributed by atoms with Crippen molar-refractivity contribution >= 4 is 5.97 Å². The van der Waals surface area contributed by atoms with Crippen molar-refractivity contribution in [3.63, 3.8) is 0 Å². The molecule has 1 N–H and O–H groups in total. The molecule has 0 saturated carbocycles. The summed E-state index contributed by atoms with van der Waals surface area (Å²) in [6, 6.07) is 0.529. The minimum Gasteiger partial charge on any atom is -0.459 e. The second kappa shape index (κ2) is 7.25. The molecule has 1 aliphatic rings. The van der Waals surface area contributed by atoms with Crippen LogP contribution in [0.3, 0.4) is 0 Å². The van der Waals surface area contributed by atoms with Crippen molar-refractivity contribution in [3.8, 4) is 0 Å². The Labute approximate surface area is 117 Å². The van der Waals surface area contributed by atoms with Crippen molar-refractivity contribution in [1.82, 2.24) is 10.2 Å². The van der Waals surface area contributed by atoms with Crippen LogP contribution in [0.5, 0.6) is 0 Å². The number of rotatable bonds is 5. The van der Waals surface area contributed by atoms with Crippen LogP contribution in [0.2, 0.25) is 0 Å². The van der Waals surface area contributed by atoms with Gasteiger partial charge in [-0.3, -0.25) is 9.69 Å². The van der Waals surface area contributed by atoms with E-state index in [2.05, 4.69) is 24.1 Å². The summed E-state index contributed by atoms with van der Waals surface area (Å²) >= 11 is 0. The molecule has 0 aliphatic carbocycles. The van der Waals surface area contributed by atoms with Crippen LogP contribution in [0, 0.1) is 5.92 Å². The zero-order valence-corrected chi connectivity index (χ0v) is 13.2. The molecule has 1 atom stereocenters. The van der Waals surface area contributed by atoms with Crippen molar-refractivity contribution in [2.24, 2.45) is 5.92 Å². The number of esters is 1. The molecule has 0 radical (unpaired) electrons. The van der Waals surface area contributed by atoms with Crippen LogP contribution in [0.15, 0.2) is 0 Å². The van der Waals surface area contributed by atoms with Gasteiger partial charge in [-0.1, -0.05) is 13.8 Å². The van der Waals surface area contributed by atoms with Crippen molar-refractivity contribution < 1.29 is 9.53 Å². The molecule has 1 aliphatic heterocycles. The third-order valence-corrected chi connectivity index (χ3v) is 3.19. The summed E-state index contributed by atoms with van der Waals surface area (Å²) in [6.45, 7) is 13.6.